The zero-order chi connectivity index (χ0) is 22.4. The summed E-state index contributed by atoms with van der Waals surface area (Å²) >= 11 is 6.61. The minimum absolute atomic E-state index is 0.230. The van der Waals surface area contributed by atoms with Gasteiger partial charge >= 0.3 is 0 Å². The molecule has 1 fully saturated rings. The third-order valence-corrected chi connectivity index (χ3v) is 5.41. The maximum absolute atomic E-state index is 12.7. The van der Waals surface area contributed by atoms with Crippen LogP contribution >= 0.6 is 23.4 Å². The average Bonchev–Trinajstić information content (AvgIpc) is 3.01. The Hall–Kier alpha value is -2.97. The number of carbonyl (C=O) groups is 3. The Balaban J connectivity index is 1.69. The van der Waals surface area contributed by atoms with E-state index in [2.05, 4.69) is 5.32 Å². The van der Waals surface area contributed by atoms with Gasteiger partial charge in [0.2, 0.25) is 5.91 Å². The summed E-state index contributed by atoms with van der Waals surface area (Å²) in [6.07, 6.45) is 2.46. The van der Waals surface area contributed by atoms with E-state index in [-0.39, 0.29) is 11.4 Å². The summed E-state index contributed by atoms with van der Waals surface area (Å²) in [4.78, 5) is 38.4. The minimum Gasteiger partial charge on any atom is -0.493 e. The number of methoxy groups -OCH3 is 1. The lowest BCUT2D eigenvalue weighted by molar-refractivity contribution is -0.127. The van der Waals surface area contributed by atoms with E-state index in [9.17, 15) is 14.4 Å². The lowest BCUT2D eigenvalue weighted by Crippen LogP contribution is -2.36. The van der Waals surface area contributed by atoms with Crippen LogP contribution in [0.2, 0.25) is 5.02 Å². The second-order valence-electron chi connectivity index (χ2n) is 6.58. The van der Waals surface area contributed by atoms with E-state index < -0.39 is 17.1 Å². The summed E-state index contributed by atoms with van der Waals surface area (Å²) in [5.74, 6) is 0.133. The van der Waals surface area contributed by atoms with E-state index in [1.807, 2.05) is 6.92 Å². The molecule has 1 aliphatic rings. The largest absolute Gasteiger partial charge is 0.493 e. The van der Waals surface area contributed by atoms with Crippen LogP contribution in [0.25, 0.3) is 6.08 Å². The van der Waals surface area contributed by atoms with Crippen molar-refractivity contribution in [3.05, 3.63) is 58.0 Å². The highest BCUT2D eigenvalue weighted by Crippen LogP contribution is 2.34. The highest BCUT2D eigenvalue weighted by Gasteiger charge is 2.36. The fourth-order valence-electron chi connectivity index (χ4n) is 2.77. The van der Waals surface area contributed by atoms with Crippen molar-refractivity contribution in [2.75, 3.05) is 25.6 Å². The molecule has 7 nitrogen and oxygen atoms in total. The molecule has 0 saturated carbocycles. The summed E-state index contributed by atoms with van der Waals surface area (Å²) in [5.41, 5.74) is 1.20. The summed E-state index contributed by atoms with van der Waals surface area (Å²) in [6.45, 7) is 2.19. The van der Waals surface area contributed by atoms with Crippen LogP contribution in [0.5, 0.6) is 11.5 Å². The highest BCUT2D eigenvalue weighted by molar-refractivity contribution is 8.18. The van der Waals surface area contributed by atoms with E-state index in [1.54, 1.807) is 48.5 Å². The second-order valence-corrected chi connectivity index (χ2v) is 8.01. The van der Waals surface area contributed by atoms with Gasteiger partial charge in [-0.25, -0.2) is 0 Å². The Bertz CT molecular complexity index is 1020. The first-order valence-electron chi connectivity index (χ1n) is 9.53. The Morgan fingerprint density at radius 2 is 1.90 bits per heavy atom. The Labute approximate surface area is 189 Å². The molecule has 1 saturated heterocycles. The molecule has 0 bridgehead atoms. The van der Waals surface area contributed by atoms with Crippen LogP contribution in [0.15, 0.2) is 47.4 Å². The molecule has 3 amide bonds. The number of amides is 3. The zero-order valence-corrected chi connectivity index (χ0v) is 18.6. The predicted molar refractivity (Wildman–Crippen MR) is 122 cm³/mol. The number of thioether (sulfide) groups is 1. The van der Waals surface area contributed by atoms with Gasteiger partial charge in [0.15, 0.2) is 11.5 Å². The lowest BCUT2D eigenvalue weighted by atomic mass is 10.2. The van der Waals surface area contributed by atoms with E-state index in [0.717, 1.165) is 23.1 Å². The van der Waals surface area contributed by atoms with Crippen LogP contribution in [-0.2, 0) is 9.59 Å². The minimum atomic E-state index is -0.522. The highest BCUT2D eigenvalue weighted by atomic mass is 35.5. The number of hydrogen-bond acceptors (Lipinski definition) is 6. The van der Waals surface area contributed by atoms with Crippen LogP contribution in [0.1, 0.15) is 18.9 Å². The van der Waals surface area contributed by atoms with E-state index in [1.165, 1.54) is 7.11 Å². The molecule has 0 unspecified atom stereocenters. The molecule has 1 N–H and O–H groups in total. The average molecular weight is 461 g/mol. The van der Waals surface area contributed by atoms with Crippen LogP contribution in [-0.4, -0.2) is 42.2 Å². The fraction of sp³-hybridized carbons (Fsp3) is 0.227. The number of ether oxygens (including phenoxy) is 2. The van der Waals surface area contributed by atoms with Gasteiger partial charge in [0.25, 0.3) is 11.1 Å². The molecule has 31 heavy (non-hydrogen) atoms. The molecular formula is C22H21ClN2O5S. The van der Waals surface area contributed by atoms with E-state index >= 15 is 0 Å². The van der Waals surface area contributed by atoms with Crippen molar-refractivity contribution in [3.8, 4) is 11.5 Å². The third-order valence-electron chi connectivity index (χ3n) is 4.25. The number of nitrogens with one attached hydrogen (secondary N) is 1. The molecule has 0 aromatic heterocycles. The van der Waals surface area contributed by atoms with Gasteiger partial charge < -0.3 is 14.8 Å². The van der Waals surface area contributed by atoms with Crippen molar-refractivity contribution in [2.24, 2.45) is 0 Å². The van der Waals surface area contributed by atoms with Gasteiger partial charge in [-0.1, -0.05) is 24.6 Å². The molecule has 0 atom stereocenters. The van der Waals surface area contributed by atoms with Crippen molar-refractivity contribution in [1.29, 1.82) is 0 Å². The number of imide groups is 1. The van der Waals surface area contributed by atoms with Crippen molar-refractivity contribution < 1.29 is 23.9 Å². The molecule has 1 heterocycles. The van der Waals surface area contributed by atoms with Crippen LogP contribution in [0.4, 0.5) is 10.5 Å². The molecule has 3 rings (SSSR count). The molecule has 162 valence electrons. The summed E-state index contributed by atoms with van der Waals surface area (Å²) in [5, 5.41) is 2.67. The first kappa shape index (κ1) is 22.7. The quantitative estimate of drug-likeness (QED) is 0.569. The number of anilines is 1. The van der Waals surface area contributed by atoms with Gasteiger partial charge in [-0.05, 0) is 66.2 Å². The second kappa shape index (κ2) is 10.4. The van der Waals surface area contributed by atoms with Crippen molar-refractivity contribution >= 4 is 52.2 Å². The lowest BCUT2D eigenvalue weighted by Gasteiger charge is -2.12. The van der Waals surface area contributed by atoms with Gasteiger partial charge in [0.05, 0.1) is 18.6 Å². The Kier molecular flexibility index (Phi) is 7.59. The van der Waals surface area contributed by atoms with Crippen molar-refractivity contribution in [3.63, 3.8) is 0 Å². The number of rotatable bonds is 8. The Morgan fingerprint density at radius 3 is 2.58 bits per heavy atom. The first-order valence-corrected chi connectivity index (χ1v) is 10.7. The molecule has 0 aliphatic carbocycles. The summed E-state index contributed by atoms with van der Waals surface area (Å²) in [7, 11) is 1.53. The van der Waals surface area contributed by atoms with Crippen LogP contribution in [0.3, 0.4) is 0 Å². The number of halogens is 1. The molecule has 0 spiro atoms. The number of carbonyl (C=O) groups excluding carboxylic acids is 3. The molecule has 2 aromatic rings. The molecule has 9 heteroatoms. The summed E-state index contributed by atoms with van der Waals surface area (Å²) in [6, 6.07) is 11.8. The van der Waals surface area contributed by atoms with Gasteiger partial charge in [-0.2, -0.15) is 0 Å². The van der Waals surface area contributed by atoms with Crippen LogP contribution < -0.4 is 14.8 Å². The van der Waals surface area contributed by atoms with E-state index in [4.69, 9.17) is 21.1 Å². The number of nitrogens with zero attached hydrogens (tertiary/aromatic N) is 1. The standard InChI is InChI=1S/C22H21ClN2O5S/c1-3-10-30-17-9-4-14(11-18(17)29-2)12-19-21(27)25(22(28)31-19)13-20(26)24-16-7-5-15(23)6-8-16/h4-9,11-12H,3,10,13H2,1-2H3,(H,24,26)/b19-12-. The van der Waals surface area contributed by atoms with Gasteiger partial charge in [-0.3, -0.25) is 19.3 Å². The third kappa shape index (κ3) is 5.80. The maximum Gasteiger partial charge on any atom is 0.294 e. The first-order chi connectivity index (χ1) is 14.9. The van der Waals surface area contributed by atoms with Crippen molar-refractivity contribution in [1.82, 2.24) is 4.90 Å². The van der Waals surface area contributed by atoms with Gasteiger partial charge in [-0.15, -0.1) is 0 Å². The maximum atomic E-state index is 12.7. The smallest absolute Gasteiger partial charge is 0.294 e. The molecular weight excluding hydrogens is 440 g/mol. The molecule has 0 radical (unpaired) electrons. The SMILES string of the molecule is CCCOc1ccc(/C=C2\SC(=O)N(CC(=O)Nc3ccc(Cl)cc3)C2=O)cc1OC. The molecule has 2 aromatic carbocycles. The van der Waals surface area contributed by atoms with Crippen molar-refractivity contribution in [2.45, 2.75) is 13.3 Å². The van der Waals surface area contributed by atoms with Gasteiger partial charge in [0, 0.05) is 10.7 Å². The predicted octanol–water partition coefficient (Wildman–Crippen LogP) is 4.81. The normalized spacial score (nSPS) is 14.8. The Morgan fingerprint density at radius 1 is 1.16 bits per heavy atom. The zero-order valence-electron chi connectivity index (χ0n) is 17.0. The van der Waals surface area contributed by atoms with Crippen LogP contribution in [0, 0.1) is 0 Å². The molecule has 1 aliphatic heterocycles. The monoisotopic (exact) mass is 460 g/mol. The number of hydrogen-bond donors (Lipinski definition) is 1. The van der Waals surface area contributed by atoms with E-state index in [0.29, 0.717) is 34.4 Å². The summed E-state index contributed by atoms with van der Waals surface area (Å²) < 4.78 is 11.0. The fourth-order valence-corrected chi connectivity index (χ4v) is 3.73. The number of benzene rings is 2. The topological polar surface area (TPSA) is 84.9 Å². The van der Waals surface area contributed by atoms with Gasteiger partial charge in [0.1, 0.15) is 6.54 Å².